The fourth-order valence-electron chi connectivity index (χ4n) is 1.64. The van der Waals surface area contributed by atoms with Crippen molar-refractivity contribution >= 4 is 11.7 Å². The number of anilines is 1. The summed E-state index contributed by atoms with van der Waals surface area (Å²) in [7, 11) is 0. The number of carbonyl (C=O) groups is 1. The lowest BCUT2D eigenvalue weighted by Gasteiger charge is -2.10. The van der Waals surface area contributed by atoms with Crippen molar-refractivity contribution in [3.8, 4) is 5.75 Å². The highest BCUT2D eigenvalue weighted by atomic mass is 16.5. The third-order valence-corrected chi connectivity index (χ3v) is 2.78. The minimum atomic E-state index is -1.000. The molecule has 0 heterocycles. The van der Waals surface area contributed by atoms with E-state index < -0.39 is 5.97 Å². The number of rotatable bonds is 4. The van der Waals surface area contributed by atoms with Crippen LogP contribution >= 0.6 is 0 Å². The molecule has 19 heavy (non-hydrogen) atoms. The minimum Gasteiger partial charge on any atom is -0.487 e. The molecule has 0 aliphatic heterocycles. The van der Waals surface area contributed by atoms with Gasteiger partial charge >= 0.3 is 5.97 Å². The predicted octanol–water partition coefficient (Wildman–Crippen LogP) is 2.85. The van der Waals surface area contributed by atoms with Crippen molar-refractivity contribution in [3.63, 3.8) is 0 Å². The maximum Gasteiger partial charge on any atom is 0.335 e. The van der Waals surface area contributed by atoms with Crippen LogP contribution in [-0.4, -0.2) is 11.1 Å². The summed E-state index contributed by atoms with van der Waals surface area (Å²) in [5, 5.41) is 8.92. The van der Waals surface area contributed by atoms with Gasteiger partial charge in [-0.2, -0.15) is 0 Å². The zero-order chi connectivity index (χ0) is 13.8. The van der Waals surface area contributed by atoms with Crippen molar-refractivity contribution in [2.24, 2.45) is 0 Å². The molecule has 3 N–H and O–H groups in total. The fraction of sp³-hybridized carbons (Fsp3) is 0.133. The van der Waals surface area contributed by atoms with Crippen LogP contribution in [0.25, 0.3) is 0 Å². The normalized spacial score (nSPS) is 10.2. The number of aryl methyl sites for hydroxylation is 1. The van der Waals surface area contributed by atoms with E-state index in [1.807, 2.05) is 31.2 Å². The third kappa shape index (κ3) is 3.25. The molecule has 0 saturated heterocycles. The Morgan fingerprint density at radius 2 is 1.89 bits per heavy atom. The van der Waals surface area contributed by atoms with Gasteiger partial charge < -0.3 is 15.6 Å². The van der Waals surface area contributed by atoms with Crippen LogP contribution in [0.5, 0.6) is 5.75 Å². The summed E-state index contributed by atoms with van der Waals surface area (Å²) in [6.45, 7) is 2.37. The van der Waals surface area contributed by atoms with Gasteiger partial charge in [-0.1, -0.05) is 29.8 Å². The van der Waals surface area contributed by atoms with Crippen molar-refractivity contribution in [2.45, 2.75) is 13.5 Å². The molecule has 0 aliphatic rings. The number of carboxylic acid groups (broad SMARTS) is 1. The van der Waals surface area contributed by atoms with Crippen molar-refractivity contribution < 1.29 is 14.6 Å². The van der Waals surface area contributed by atoms with Gasteiger partial charge in [0.15, 0.2) is 0 Å². The smallest absolute Gasteiger partial charge is 0.335 e. The molecule has 0 spiro atoms. The topological polar surface area (TPSA) is 72.5 Å². The number of nitrogens with two attached hydrogens (primary N) is 1. The molecule has 0 aliphatic carbocycles. The summed E-state index contributed by atoms with van der Waals surface area (Å²) in [5.41, 5.74) is 8.53. The first-order valence-electron chi connectivity index (χ1n) is 5.87. The molecule has 4 nitrogen and oxygen atoms in total. The van der Waals surface area contributed by atoms with Crippen LogP contribution in [0.1, 0.15) is 21.5 Å². The van der Waals surface area contributed by atoms with Crippen LogP contribution in [0.2, 0.25) is 0 Å². The van der Waals surface area contributed by atoms with E-state index in [2.05, 4.69) is 0 Å². The zero-order valence-corrected chi connectivity index (χ0v) is 10.6. The number of hydrogen-bond acceptors (Lipinski definition) is 3. The molecule has 0 atom stereocenters. The van der Waals surface area contributed by atoms with Crippen LogP contribution in [0.3, 0.4) is 0 Å². The summed E-state index contributed by atoms with van der Waals surface area (Å²) >= 11 is 0. The Morgan fingerprint density at radius 3 is 2.53 bits per heavy atom. The number of nitrogen functional groups attached to an aromatic ring is 1. The van der Waals surface area contributed by atoms with E-state index in [0.29, 0.717) is 18.0 Å². The van der Waals surface area contributed by atoms with Crippen LogP contribution < -0.4 is 10.5 Å². The second-order valence-electron chi connectivity index (χ2n) is 4.33. The zero-order valence-electron chi connectivity index (χ0n) is 10.6. The van der Waals surface area contributed by atoms with E-state index >= 15 is 0 Å². The van der Waals surface area contributed by atoms with Gasteiger partial charge in [-0.05, 0) is 30.7 Å². The number of carboxylic acids is 1. The second kappa shape index (κ2) is 5.44. The van der Waals surface area contributed by atoms with Crippen molar-refractivity contribution in [3.05, 3.63) is 59.2 Å². The minimum absolute atomic E-state index is 0.160. The van der Waals surface area contributed by atoms with Gasteiger partial charge in [0.25, 0.3) is 0 Å². The Labute approximate surface area is 111 Å². The van der Waals surface area contributed by atoms with Crippen LogP contribution in [0, 0.1) is 6.92 Å². The first-order chi connectivity index (χ1) is 9.06. The number of benzene rings is 2. The average molecular weight is 257 g/mol. The Morgan fingerprint density at radius 1 is 1.21 bits per heavy atom. The number of ether oxygens (including phenoxy) is 1. The summed E-state index contributed by atoms with van der Waals surface area (Å²) in [5.74, 6) is -0.610. The molecule has 0 amide bonds. The van der Waals surface area contributed by atoms with Crippen molar-refractivity contribution in [1.82, 2.24) is 0 Å². The Balaban J connectivity index is 2.12. The summed E-state index contributed by atoms with van der Waals surface area (Å²) < 4.78 is 5.57. The van der Waals surface area contributed by atoms with E-state index in [0.717, 1.165) is 5.56 Å². The SMILES string of the molecule is Cc1ccc(COc2cc(C(=O)O)ccc2N)cc1. The van der Waals surface area contributed by atoms with E-state index in [-0.39, 0.29) is 5.56 Å². The number of hydrogen-bond donors (Lipinski definition) is 2. The van der Waals surface area contributed by atoms with Gasteiger partial charge in [-0.3, -0.25) is 0 Å². The predicted molar refractivity (Wildman–Crippen MR) is 73.3 cm³/mol. The Hall–Kier alpha value is -2.49. The summed E-state index contributed by atoms with van der Waals surface area (Å²) in [6.07, 6.45) is 0. The molecule has 2 aromatic carbocycles. The first-order valence-corrected chi connectivity index (χ1v) is 5.87. The molecule has 0 unspecified atom stereocenters. The van der Waals surface area contributed by atoms with E-state index in [1.54, 1.807) is 0 Å². The molecule has 0 aromatic heterocycles. The molecule has 2 aromatic rings. The lowest BCUT2D eigenvalue weighted by atomic mass is 10.1. The van der Waals surface area contributed by atoms with Crippen LogP contribution in [0.4, 0.5) is 5.69 Å². The van der Waals surface area contributed by atoms with Crippen molar-refractivity contribution in [1.29, 1.82) is 0 Å². The van der Waals surface area contributed by atoms with E-state index in [4.69, 9.17) is 15.6 Å². The highest BCUT2D eigenvalue weighted by molar-refractivity contribution is 5.89. The maximum atomic E-state index is 10.9. The lowest BCUT2D eigenvalue weighted by Crippen LogP contribution is -2.02. The molecular formula is C15H15NO3. The van der Waals surface area contributed by atoms with E-state index in [9.17, 15) is 4.79 Å². The van der Waals surface area contributed by atoms with Gasteiger partial charge in [-0.15, -0.1) is 0 Å². The highest BCUT2D eigenvalue weighted by Crippen LogP contribution is 2.24. The number of aromatic carboxylic acids is 1. The molecule has 0 bridgehead atoms. The molecule has 0 fully saturated rings. The van der Waals surface area contributed by atoms with Gasteiger partial charge in [0, 0.05) is 0 Å². The van der Waals surface area contributed by atoms with Gasteiger partial charge in [0.1, 0.15) is 12.4 Å². The molecule has 0 saturated carbocycles. The molecular weight excluding hydrogens is 242 g/mol. The third-order valence-electron chi connectivity index (χ3n) is 2.78. The highest BCUT2D eigenvalue weighted by Gasteiger charge is 2.07. The fourth-order valence-corrected chi connectivity index (χ4v) is 1.64. The van der Waals surface area contributed by atoms with Crippen LogP contribution in [0.15, 0.2) is 42.5 Å². The summed E-state index contributed by atoms with van der Waals surface area (Å²) in [4.78, 5) is 10.9. The largest absolute Gasteiger partial charge is 0.487 e. The van der Waals surface area contributed by atoms with Gasteiger partial charge in [0.05, 0.1) is 11.3 Å². The molecule has 4 heteroatoms. The Kier molecular flexibility index (Phi) is 3.71. The molecule has 98 valence electrons. The monoisotopic (exact) mass is 257 g/mol. The van der Waals surface area contributed by atoms with Crippen molar-refractivity contribution in [2.75, 3.05) is 5.73 Å². The van der Waals surface area contributed by atoms with Crippen LogP contribution in [-0.2, 0) is 6.61 Å². The first kappa shape index (κ1) is 13.0. The molecule has 0 radical (unpaired) electrons. The quantitative estimate of drug-likeness (QED) is 0.826. The average Bonchev–Trinajstić information content (AvgIpc) is 2.39. The van der Waals surface area contributed by atoms with E-state index in [1.165, 1.54) is 23.8 Å². The van der Waals surface area contributed by atoms with Gasteiger partial charge in [-0.25, -0.2) is 4.79 Å². The standard InChI is InChI=1S/C15H15NO3/c1-10-2-4-11(5-3-10)9-19-14-8-12(15(17)18)6-7-13(14)16/h2-8H,9,16H2,1H3,(H,17,18). The Bertz CT molecular complexity index is 591. The second-order valence-corrected chi connectivity index (χ2v) is 4.33. The molecule has 2 rings (SSSR count). The maximum absolute atomic E-state index is 10.9. The van der Waals surface area contributed by atoms with Gasteiger partial charge in [0.2, 0.25) is 0 Å². The lowest BCUT2D eigenvalue weighted by molar-refractivity contribution is 0.0696. The summed E-state index contributed by atoms with van der Waals surface area (Å²) in [6, 6.07) is 12.3.